The van der Waals surface area contributed by atoms with Crippen molar-refractivity contribution in [2.24, 2.45) is 5.92 Å². The molecular formula is C10H19ClN4. The van der Waals surface area contributed by atoms with Crippen molar-refractivity contribution in [1.82, 2.24) is 20.2 Å². The molecule has 0 aromatic carbocycles. The third-order valence-corrected chi connectivity index (χ3v) is 2.65. The highest BCUT2D eigenvalue weighted by molar-refractivity contribution is 6.20. The van der Waals surface area contributed by atoms with Gasteiger partial charge >= 0.3 is 0 Å². The van der Waals surface area contributed by atoms with E-state index in [1.54, 1.807) is 0 Å². The normalized spacial score (nSPS) is 15.6. The van der Waals surface area contributed by atoms with Crippen molar-refractivity contribution in [1.29, 1.82) is 0 Å². The number of halogens is 1. The van der Waals surface area contributed by atoms with Gasteiger partial charge in [0.1, 0.15) is 0 Å². The van der Waals surface area contributed by atoms with Crippen LogP contribution in [0.5, 0.6) is 0 Å². The van der Waals surface area contributed by atoms with E-state index in [1.807, 2.05) is 11.6 Å². The van der Waals surface area contributed by atoms with Gasteiger partial charge in [-0.25, -0.2) is 4.68 Å². The summed E-state index contributed by atoms with van der Waals surface area (Å²) < 4.78 is 1.83. The Hall–Kier alpha value is -0.640. The maximum atomic E-state index is 5.99. The summed E-state index contributed by atoms with van der Waals surface area (Å²) in [6, 6.07) is 0.318. The minimum Gasteiger partial charge on any atom is -0.225 e. The molecule has 0 saturated heterocycles. The third-order valence-electron chi connectivity index (χ3n) is 2.45. The molecule has 0 fully saturated rings. The second kappa shape index (κ2) is 5.45. The predicted octanol–water partition coefficient (Wildman–Crippen LogP) is 2.97. The average molecular weight is 231 g/mol. The maximum Gasteiger partial charge on any atom is 0.169 e. The SMILES string of the molecule is CC(C)CCC(C)n1nnnc1C(C)Cl. The smallest absolute Gasteiger partial charge is 0.169 e. The molecule has 0 spiro atoms. The molecule has 5 heteroatoms. The Morgan fingerprint density at radius 3 is 2.40 bits per heavy atom. The molecule has 0 N–H and O–H groups in total. The Kier molecular flexibility index (Phi) is 4.51. The van der Waals surface area contributed by atoms with Crippen LogP contribution in [-0.4, -0.2) is 20.2 Å². The zero-order valence-electron chi connectivity index (χ0n) is 9.81. The lowest BCUT2D eigenvalue weighted by atomic mass is 10.0. The minimum atomic E-state index is -0.138. The van der Waals surface area contributed by atoms with Crippen molar-refractivity contribution in [3.05, 3.63) is 5.82 Å². The Balaban J connectivity index is 2.64. The summed E-state index contributed by atoms with van der Waals surface area (Å²) in [5.41, 5.74) is 0. The molecule has 0 amide bonds. The van der Waals surface area contributed by atoms with Crippen LogP contribution in [-0.2, 0) is 0 Å². The van der Waals surface area contributed by atoms with Gasteiger partial charge < -0.3 is 0 Å². The molecule has 1 heterocycles. The topological polar surface area (TPSA) is 43.6 Å². The summed E-state index contributed by atoms with van der Waals surface area (Å²) in [5.74, 6) is 1.47. The lowest BCUT2D eigenvalue weighted by Crippen LogP contribution is -2.12. The molecule has 15 heavy (non-hydrogen) atoms. The molecule has 2 unspecified atom stereocenters. The quantitative estimate of drug-likeness (QED) is 0.731. The number of aromatic nitrogens is 4. The monoisotopic (exact) mass is 230 g/mol. The van der Waals surface area contributed by atoms with E-state index in [4.69, 9.17) is 11.6 Å². The fourth-order valence-electron chi connectivity index (χ4n) is 1.47. The minimum absolute atomic E-state index is 0.138. The molecule has 0 saturated carbocycles. The molecule has 0 bridgehead atoms. The zero-order valence-corrected chi connectivity index (χ0v) is 10.6. The van der Waals surface area contributed by atoms with Crippen LogP contribution in [0.2, 0.25) is 0 Å². The van der Waals surface area contributed by atoms with Crippen LogP contribution < -0.4 is 0 Å². The fraction of sp³-hybridized carbons (Fsp3) is 0.900. The van der Waals surface area contributed by atoms with Gasteiger partial charge in [-0.15, -0.1) is 16.7 Å². The van der Waals surface area contributed by atoms with Crippen LogP contribution in [0.15, 0.2) is 0 Å². The second-order valence-electron chi connectivity index (χ2n) is 4.42. The largest absolute Gasteiger partial charge is 0.225 e. The van der Waals surface area contributed by atoms with Gasteiger partial charge in [0.2, 0.25) is 0 Å². The van der Waals surface area contributed by atoms with Crippen LogP contribution in [0.25, 0.3) is 0 Å². The van der Waals surface area contributed by atoms with Crippen molar-refractivity contribution in [2.75, 3.05) is 0 Å². The number of rotatable bonds is 5. The van der Waals surface area contributed by atoms with E-state index in [0.29, 0.717) is 12.0 Å². The molecule has 2 atom stereocenters. The van der Waals surface area contributed by atoms with Crippen LogP contribution in [0, 0.1) is 5.92 Å². The van der Waals surface area contributed by atoms with Crippen LogP contribution in [0.3, 0.4) is 0 Å². The third kappa shape index (κ3) is 3.45. The Bertz CT molecular complexity index is 295. The van der Waals surface area contributed by atoms with E-state index in [2.05, 4.69) is 36.3 Å². The van der Waals surface area contributed by atoms with Gasteiger partial charge in [0.25, 0.3) is 0 Å². The van der Waals surface area contributed by atoms with Crippen molar-refractivity contribution in [3.63, 3.8) is 0 Å². The van der Waals surface area contributed by atoms with Crippen molar-refractivity contribution in [3.8, 4) is 0 Å². The Labute approximate surface area is 96.0 Å². The number of alkyl halides is 1. The first-order chi connectivity index (χ1) is 7.02. The molecule has 1 rings (SSSR count). The lowest BCUT2D eigenvalue weighted by Gasteiger charge is -2.15. The molecule has 0 aliphatic heterocycles. The van der Waals surface area contributed by atoms with E-state index < -0.39 is 0 Å². The molecular weight excluding hydrogens is 212 g/mol. The van der Waals surface area contributed by atoms with Gasteiger partial charge in [-0.3, -0.25) is 0 Å². The fourth-order valence-corrected chi connectivity index (χ4v) is 1.62. The number of hydrogen-bond donors (Lipinski definition) is 0. The number of tetrazole rings is 1. The van der Waals surface area contributed by atoms with Gasteiger partial charge in [0.15, 0.2) is 5.82 Å². The summed E-state index contributed by atoms with van der Waals surface area (Å²) in [7, 11) is 0. The van der Waals surface area contributed by atoms with E-state index in [1.165, 1.54) is 6.42 Å². The van der Waals surface area contributed by atoms with Crippen LogP contribution in [0.1, 0.15) is 57.8 Å². The summed E-state index contributed by atoms with van der Waals surface area (Å²) in [5, 5.41) is 11.5. The number of hydrogen-bond acceptors (Lipinski definition) is 3. The first-order valence-corrected chi connectivity index (χ1v) is 5.87. The lowest BCUT2D eigenvalue weighted by molar-refractivity contribution is 0.393. The summed E-state index contributed by atoms with van der Waals surface area (Å²) in [4.78, 5) is 0. The summed E-state index contributed by atoms with van der Waals surface area (Å²) in [6.45, 7) is 8.45. The molecule has 1 aromatic heterocycles. The van der Waals surface area contributed by atoms with E-state index in [9.17, 15) is 0 Å². The van der Waals surface area contributed by atoms with E-state index in [0.717, 1.165) is 12.2 Å². The standard InChI is InChI=1S/C10H19ClN4/c1-7(2)5-6-8(3)15-10(9(4)11)12-13-14-15/h7-9H,5-6H2,1-4H3. The molecule has 0 radical (unpaired) electrons. The van der Waals surface area contributed by atoms with Crippen LogP contribution in [0.4, 0.5) is 0 Å². The summed E-state index contributed by atoms with van der Waals surface area (Å²) >= 11 is 5.99. The maximum absolute atomic E-state index is 5.99. The van der Waals surface area contributed by atoms with Gasteiger partial charge in [-0.1, -0.05) is 13.8 Å². The average Bonchev–Trinajstić information content (AvgIpc) is 2.62. The highest BCUT2D eigenvalue weighted by Crippen LogP contribution is 2.22. The van der Waals surface area contributed by atoms with Crippen molar-refractivity contribution in [2.45, 2.75) is 52.0 Å². The van der Waals surface area contributed by atoms with Gasteiger partial charge in [0, 0.05) is 0 Å². The molecule has 86 valence electrons. The second-order valence-corrected chi connectivity index (χ2v) is 5.07. The van der Waals surface area contributed by atoms with Gasteiger partial charge in [0.05, 0.1) is 11.4 Å². The molecule has 0 aliphatic carbocycles. The Morgan fingerprint density at radius 2 is 1.87 bits per heavy atom. The highest BCUT2D eigenvalue weighted by atomic mass is 35.5. The van der Waals surface area contributed by atoms with Gasteiger partial charge in [-0.2, -0.15) is 0 Å². The zero-order chi connectivity index (χ0) is 11.4. The Morgan fingerprint density at radius 1 is 1.20 bits per heavy atom. The summed E-state index contributed by atoms with van der Waals surface area (Å²) in [6.07, 6.45) is 2.26. The first-order valence-electron chi connectivity index (χ1n) is 5.44. The highest BCUT2D eigenvalue weighted by Gasteiger charge is 2.16. The van der Waals surface area contributed by atoms with E-state index >= 15 is 0 Å². The molecule has 1 aromatic rings. The molecule has 0 aliphatic rings. The molecule has 4 nitrogen and oxygen atoms in total. The van der Waals surface area contributed by atoms with Crippen molar-refractivity contribution < 1.29 is 0 Å². The van der Waals surface area contributed by atoms with Crippen molar-refractivity contribution >= 4 is 11.6 Å². The van der Waals surface area contributed by atoms with E-state index in [-0.39, 0.29) is 5.38 Å². The van der Waals surface area contributed by atoms with Gasteiger partial charge in [-0.05, 0) is 43.0 Å². The first kappa shape index (κ1) is 12.4. The number of nitrogens with zero attached hydrogens (tertiary/aromatic N) is 4. The predicted molar refractivity (Wildman–Crippen MR) is 60.9 cm³/mol. The van der Waals surface area contributed by atoms with Crippen LogP contribution >= 0.6 is 11.6 Å².